The Bertz CT molecular complexity index is 511. The number of rotatable bonds is 4. The summed E-state index contributed by atoms with van der Waals surface area (Å²) < 4.78 is 6.47. The van der Waals surface area contributed by atoms with E-state index in [1.165, 1.54) is 6.07 Å². The number of nitro benzene ring substituents is 1. The van der Waals surface area contributed by atoms with E-state index in [1.807, 2.05) is 0 Å². The van der Waals surface area contributed by atoms with E-state index in [-0.39, 0.29) is 22.6 Å². The zero-order chi connectivity index (χ0) is 14.2. The number of para-hydroxylation sites is 1. The summed E-state index contributed by atoms with van der Waals surface area (Å²) in [5.74, 6) is 0.292. The molecular formula is C13H15BrClNO3. The lowest BCUT2D eigenvalue weighted by Gasteiger charge is -2.50. The van der Waals surface area contributed by atoms with Gasteiger partial charge in [-0.15, -0.1) is 11.6 Å². The topological polar surface area (TPSA) is 52.4 Å². The molecule has 1 aromatic carbocycles. The quantitative estimate of drug-likeness (QED) is 0.456. The molecule has 3 unspecified atom stereocenters. The SMILES string of the molecule is CCC1(C)C(Cl)CC1Oc1c(Br)cccc1[N+](=O)[O-]. The summed E-state index contributed by atoms with van der Waals surface area (Å²) in [6, 6.07) is 4.81. The van der Waals surface area contributed by atoms with Crippen LogP contribution in [0, 0.1) is 15.5 Å². The van der Waals surface area contributed by atoms with E-state index in [0.717, 1.165) is 6.42 Å². The van der Waals surface area contributed by atoms with Crippen molar-refractivity contribution >= 4 is 33.2 Å². The summed E-state index contributed by atoms with van der Waals surface area (Å²) >= 11 is 9.54. The van der Waals surface area contributed by atoms with Gasteiger partial charge in [0.2, 0.25) is 5.75 Å². The minimum atomic E-state index is -0.430. The van der Waals surface area contributed by atoms with Gasteiger partial charge in [0.15, 0.2) is 0 Å². The molecule has 1 fully saturated rings. The van der Waals surface area contributed by atoms with Crippen LogP contribution in [-0.2, 0) is 0 Å². The molecule has 1 saturated carbocycles. The van der Waals surface area contributed by atoms with Gasteiger partial charge in [0, 0.05) is 23.3 Å². The smallest absolute Gasteiger partial charge is 0.312 e. The summed E-state index contributed by atoms with van der Waals surface area (Å²) in [6.07, 6.45) is 1.51. The predicted molar refractivity (Wildman–Crippen MR) is 77.9 cm³/mol. The minimum absolute atomic E-state index is 0.0224. The first-order valence-corrected chi connectivity index (χ1v) is 7.36. The Labute approximate surface area is 125 Å². The van der Waals surface area contributed by atoms with Crippen molar-refractivity contribution in [3.8, 4) is 5.75 Å². The van der Waals surface area contributed by atoms with E-state index in [1.54, 1.807) is 12.1 Å². The molecule has 0 heterocycles. The number of alkyl halides is 1. The van der Waals surface area contributed by atoms with Crippen molar-refractivity contribution in [2.24, 2.45) is 5.41 Å². The number of nitrogens with zero attached hydrogens (tertiary/aromatic N) is 1. The van der Waals surface area contributed by atoms with Crippen LogP contribution >= 0.6 is 27.5 Å². The third-order valence-corrected chi connectivity index (χ3v) is 5.34. The summed E-state index contributed by atoms with van der Waals surface area (Å²) in [5.41, 5.74) is -0.157. The van der Waals surface area contributed by atoms with Gasteiger partial charge in [-0.2, -0.15) is 0 Å². The Morgan fingerprint density at radius 1 is 1.63 bits per heavy atom. The molecule has 6 heteroatoms. The Morgan fingerprint density at radius 2 is 2.32 bits per heavy atom. The second-order valence-corrected chi connectivity index (χ2v) is 6.40. The molecule has 1 aliphatic carbocycles. The van der Waals surface area contributed by atoms with Gasteiger partial charge in [0.05, 0.1) is 9.40 Å². The fourth-order valence-electron chi connectivity index (χ4n) is 2.30. The van der Waals surface area contributed by atoms with E-state index in [0.29, 0.717) is 16.6 Å². The third kappa shape index (κ3) is 2.46. The molecule has 0 saturated heterocycles. The molecule has 19 heavy (non-hydrogen) atoms. The Hall–Kier alpha value is -0.810. The molecule has 0 spiro atoms. The van der Waals surface area contributed by atoms with Crippen LogP contribution in [0.1, 0.15) is 26.7 Å². The molecule has 0 amide bonds. The maximum Gasteiger partial charge on any atom is 0.312 e. The Kier molecular flexibility index (Phi) is 4.06. The van der Waals surface area contributed by atoms with Gasteiger partial charge < -0.3 is 4.74 Å². The number of nitro groups is 1. The molecule has 1 aromatic rings. The third-order valence-electron chi connectivity index (χ3n) is 4.04. The maximum atomic E-state index is 11.0. The van der Waals surface area contributed by atoms with Crippen LogP contribution in [-0.4, -0.2) is 16.4 Å². The van der Waals surface area contributed by atoms with Crippen LogP contribution in [0.3, 0.4) is 0 Å². The predicted octanol–water partition coefficient (Wildman–Crippen LogP) is 4.53. The van der Waals surface area contributed by atoms with Gasteiger partial charge in [0.1, 0.15) is 6.10 Å². The van der Waals surface area contributed by atoms with Crippen LogP contribution in [0.4, 0.5) is 5.69 Å². The van der Waals surface area contributed by atoms with Crippen molar-refractivity contribution in [1.82, 2.24) is 0 Å². The van der Waals surface area contributed by atoms with Gasteiger partial charge in [-0.3, -0.25) is 10.1 Å². The minimum Gasteiger partial charge on any atom is -0.482 e. The molecule has 4 nitrogen and oxygen atoms in total. The highest BCUT2D eigenvalue weighted by Crippen LogP contribution is 2.50. The van der Waals surface area contributed by atoms with Gasteiger partial charge in [-0.1, -0.05) is 19.9 Å². The molecule has 0 bridgehead atoms. The molecule has 0 N–H and O–H groups in total. The summed E-state index contributed by atoms with van der Waals surface area (Å²) in [5, 5.41) is 11.1. The molecule has 3 atom stereocenters. The Morgan fingerprint density at radius 3 is 2.84 bits per heavy atom. The summed E-state index contributed by atoms with van der Waals surface area (Å²) in [4.78, 5) is 10.6. The largest absolute Gasteiger partial charge is 0.482 e. The van der Waals surface area contributed by atoms with Crippen molar-refractivity contribution in [3.63, 3.8) is 0 Å². The van der Waals surface area contributed by atoms with Crippen LogP contribution in [0.15, 0.2) is 22.7 Å². The first-order valence-electron chi connectivity index (χ1n) is 6.13. The van der Waals surface area contributed by atoms with E-state index >= 15 is 0 Å². The number of halogens is 2. The molecule has 0 aromatic heterocycles. The van der Waals surface area contributed by atoms with E-state index in [2.05, 4.69) is 29.8 Å². The van der Waals surface area contributed by atoms with Gasteiger partial charge in [-0.25, -0.2) is 0 Å². The second kappa shape index (κ2) is 5.29. The van der Waals surface area contributed by atoms with Crippen molar-refractivity contribution in [2.75, 3.05) is 0 Å². The molecule has 104 valence electrons. The van der Waals surface area contributed by atoms with E-state index < -0.39 is 4.92 Å². The second-order valence-electron chi connectivity index (χ2n) is 5.01. The van der Waals surface area contributed by atoms with Crippen LogP contribution < -0.4 is 4.74 Å². The molecule has 1 aliphatic rings. The lowest BCUT2D eigenvalue weighted by Crippen LogP contribution is -2.55. The highest BCUT2D eigenvalue weighted by atomic mass is 79.9. The fourth-order valence-corrected chi connectivity index (χ4v) is 3.21. The van der Waals surface area contributed by atoms with Crippen molar-refractivity contribution < 1.29 is 9.66 Å². The van der Waals surface area contributed by atoms with Crippen molar-refractivity contribution in [1.29, 1.82) is 0 Å². The van der Waals surface area contributed by atoms with Gasteiger partial charge in [-0.05, 0) is 28.4 Å². The number of hydrogen-bond donors (Lipinski definition) is 0. The standard InChI is InChI=1S/C13H15BrClNO3/c1-3-13(2)10(15)7-11(13)19-12-8(14)5-4-6-9(12)16(17)18/h4-6,10-11H,3,7H2,1-2H3. The van der Waals surface area contributed by atoms with Gasteiger partial charge in [0.25, 0.3) is 0 Å². The highest BCUT2D eigenvalue weighted by Gasteiger charge is 2.51. The first-order chi connectivity index (χ1) is 8.90. The normalized spacial score (nSPS) is 29.7. The number of hydrogen-bond acceptors (Lipinski definition) is 3. The number of benzene rings is 1. The zero-order valence-corrected chi connectivity index (χ0v) is 13.1. The average molecular weight is 349 g/mol. The van der Waals surface area contributed by atoms with Crippen LogP contribution in [0.25, 0.3) is 0 Å². The molecule has 0 radical (unpaired) electrons. The van der Waals surface area contributed by atoms with E-state index in [4.69, 9.17) is 16.3 Å². The molecular weight excluding hydrogens is 334 g/mol. The molecule has 0 aliphatic heterocycles. The average Bonchev–Trinajstić information content (AvgIpc) is 2.38. The zero-order valence-electron chi connectivity index (χ0n) is 10.7. The van der Waals surface area contributed by atoms with Crippen LogP contribution in [0.2, 0.25) is 0 Å². The lowest BCUT2D eigenvalue weighted by atomic mass is 9.65. The van der Waals surface area contributed by atoms with E-state index in [9.17, 15) is 10.1 Å². The summed E-state index contributed by atoms with van der Waals surface area (Å²) in [6.45, 7) is 4.11. The van der Waals surface area contributed by atoms with Crippen molar-refractivity contribution in [3.05, 3.63) is 32.8 Å². The Balaban J connectivity index is 2.28. The monoisotopic (exact) mass is 347 g/mol. The van der Waals surface area contributed by atoms with Crippen molar-refractivity contribution in [2.45, 2.75) is 38.2 Å². The highest BCUT2D eigenvalue weighted by molar-refractivity contribution is 9.10. The first kappa shape index (κ1) is 14.6. The number of ether oxygens (including phenoxy) is 1. The lowest BCUT2D eigenvalue weighted by molar-refractivity contribution is -0.386. The van der Waals surface area contributed by atoms with Gasteiger partial charge >= 0.3 is 5.69 Å². The summed E-state index contributed by atoms with van der Waals surface area (Å²) in [7, 11) is 0. The van der Waals surface area contributed by atoms with Crippen LogP contribution in [0.5, 0.6) is 5.75 Å². The maximum absolute atomic E-state index is 11.0. The molecule has 2 rings (SSSR count). The fraction of sp³-hybridized carbons (Fsp3) is 0.538.